The lowest BCUT2D eigenvalue weighted by atomic mass is 10.3. The van der Waals surface area contributed by atoms with E-state index in [9.17, 15) is 4.79 Å². The minimum absolute atomic E-state index is 0.104. The molecule has 0 fully saturated rings. The summed E-state index contributed by atoms with van der Waals surface area (Å²) >= 11 is 22.8. The summed E-state index contributed by atoms with van der Waals surface area (Å²) < 4.78 is 5.42. The first kappa shape index (κ1) is 15.4. The Balaban J connectivity index is 2.86. The number of hydrogen-bond acceptors (Lipinski definition) is 2. The molecule has 0 aliphatic rings. The molecule has 0 saturated carbocycles. The molecule has 1 rings (SSSR count). The second-order valence-electron chi connectivity index (χ2n) is 3.25. The van der Waals surface area contributed by atoms with Crippen LogP contribution in [-0.4, -0.2) is 12.5 Å². The van der Waals surface area contributed by atoms with Gasteiger partial charge in [-0.2, -0.15) is 0 Å². The summed E-state index contributed by atoms with van der Waals surface area (Å²) in [5.41, 5.74) is 0.424. The van der Waals surface area contributed by atoms with E-state index in [1.807, 2.05) is 0 Å². The van der Waals surface area contributed by atoms with Crippen molar-refractivity contribution >= 4 is 58.0 Å². The molecule has 1 aromatic rings. The van der Waals surface area contributed by atoms with Gasteiger partial charge in [-0.05, 0) is 12.1 Å². The highest BCUT2D eigenvalue weighted by Crippen LogP contribution is 2.34. The third-order valence-electron chi connectivity index (χ3n) is 1.81. The van der Waals surface area contributed by atoms with E-state index in [1.165, 1.54) is 25.1 Å². The fraction of sp³-hybridized carbons (Fsp3) is 0.182. The van der Waals surface area contributed by atoms with Crippen molar-refractivity contribution in [1.29, 1.82) is 0 Å². The van der Waals surface area contributed by atoms with Gasteiger partial charge >= 0.3 is 0 Å². The molecule has 3 nitrogen and oxygen atoms in total. The van der Waals surface area contributed by atoms with E-state index in [2.05, 4.69) is 5.32 Å². The molecule has 18 heavy (non-hydrogen) atoms. The fourth-order valence-electron chi connectivity index (χ4n) is 1.12. The van der Waals surface area contributed by atoms with Crippen molar-refractivity contribution in [3.8, 4) is 5.75 Å². The maximum Gasteiger partial charge on any atom is 0.221 e. The molecule has 1 aromatic carbocycles. The first-order chi connectivity index (χ1) is 8.40. The molecule has 0 unspecified atom stereocenters. The molecule has 0 spiro atoms. The largest absolute Gasteiger partial charge is 0.488 e. The molecular weight excluding hydrogens is 320 g/mol. The van der Waals surface area contributed by atoms with E-state index >= 15 is 0 Å². The zero-order chi connectivity index (χ0) is 13.7. The molecule has 0 saturated heterocycles. The van der Waals surface area contributed by atoms with Gasteiger partial charge in [0.15, 0.2) is 0 Å². The Kier molecular flexibility index (Phi) is 6.09. The van der Waals surface area contributed by atoms with Gasteiger partial charge in [-0.3, -0.25) is 4.79 Å². The monoisotopic (exact) mass is 327 g/mol. The third kappa shape index (κ3) is 4.94. The van der Waals surface area contributed by atoms with Gasteiger partial charge in [0.2, 0.25) is 5.91 Å². The lowest BCUT2D eigenvalue weighted by molar-refractivity contribution is -0.114. The number of carbonyl (C=O) groups is 1. The second-order valence-corrected chi connectivity index (χ2v) is 5.07. The summed E-state index contributed by atoms with van der Waals surface area (Å²) in [7, 11) is 0. The smallest absolute Gasteiger partial charge is 0.221 e. The molecule has 1 amide bonds. The van der Waals surface area contributed by atoms with Gasteiger partial charge in [0.25, 0.3) is 0 Å². The van der Waals surface area contributed by atoms with Crippen LogP contribution in [0.15, 0.2) is 22.7 Å². The Hall–Kier alpha value is -0.610. The Bertz CT molecular complexity index is 484. The standard InChI is InChI=1S/C11H9Cl4NO2/c1-6(17)16-9-4-8(13)10(5-7(9)12)18-3-2-11(14)15/h2,4-5H,3H2,1H3,(H,16,17). The van der Waals surface area contributed by atoms with Crippen LogP contribution in [-0.2, 0) is 4.79 Å². The van der Waals surface area contributed by atoms with Crippen molar-refractivity contribution in [1.82, 2.24) is 0 Å². The van der Waals surface area contributed by atoms with Gasteiger partial charge < -0.3 is 10.1 Å². The highest BCUT2D eigenvalue weighted by molar-refractivity contribution is 6.55. The molecular formula is C11H9Cl4NO2. The number of nitrogens with one attached hydrogen (secondary N) is 1. The topological polar surface area (TPSA) is 38.3 Å². The van der Waals surface area contributed by atoms with Crippen LogP contribution in [0.4, 0.5) is 5.69 Å². The number of carbonyl (C=O) groups excluding carboxylic acids is 1. The Labute approximate surface area is 125 Å². The number of amides is 1. The zero-order valence-corrected chi connectivity index (χ0v) is 12.3. The predicted molar refractivity (Wildman–Crippen MR) is 76.0 cm³/mol. The zero-order valence-electron chi connectivity index (χ0n) is 9.27. The van der Waals surface area contributed by atoms with Gasteiger partial charge in [-0.1, -0.05) is 46.4 Å². The van der Waals surface area contributed by atoms with Gasteiger partial charge in [0.05, 0.1) is 15.7 Å². The Morgan fingerprint density at radius 3 is 2.56 bits per heavy atom. The molecule has 7 heteroatoms. The van der Waals surface area contributed by atoms with Crippen molar-refractivity contribution < 1.29 is 9.53 Å². The maximum absolute atomic E-state index is 10.9. The van der Waals surface area contributed by atoms with Crippen LogP contribution < -0.4 is 10.1 Å². The quantitative estimate of drug-likeness (QED) is 0.873. The first-order valence-electron chi connectivity index (χ1n) is 4.80. The SMILES string of the molecule is CC(=O)Nc1cc(Cl)c(OCC=C(Cl)Cl)cc1Cl. The minimum Gasteiger partial charge on any atom is -0.488 e. The van der Waals surface area contributed by atoms with Crippen LogP contribution in [0, 0.1) is 0 Å². The van der Waals surface area contributed by atoms with Gasteiger partial charge in [0, 0.05) is 13.0 Å². The molecule has 98 valence electrons. The van der Waals surface area contributed by atoms with E-state index in [1.54, 1.807) is 0 Å². The predicted octanol–water partition coefficient (Wildman–Crippen LogP) is 4.65. The van der Waals surface area contributed by atoms with Gasteiger partial charge in [-0.25, -0.2) is 0 Å². The second kappa shape index (κ2) is 7.10. The summed E-state index contributed by atoms with van der Waals surface area (Å²) in [4.78, 5) is 10.9. The van der Waals surface area contributed by atoms with E-state index in [-0.39, 0.29) is 17.0 Å². The number of hydrogen-bond donors (Lipinski definition) is 1. The van der Waals surface area contributed by atoms with Crippen molar-refractivity contribution in [2.24, 2.45) is 0 Å². The maximum atomic E-state index is 10.9. The summed E-state index contributed by atoms with van der Waals surface area (Å²) in [5.74, 6) is 0.139. The van der Waals surface area contributed by atoms with E-state index in [0.717, 1.165) is 0 Å². The van der Waals surface area contributed by atoms with E-state index in [4.69, 9.17) is 51.1 Å². The number of rotatable bonds is 4. The molecule has 0 aromatic heterocycles. The minimum atomic E-state index is -0.238. The number of halogens is 4. The molecule has 0 atom stereocenters. The van der Waals surface area contributed by atoms with Crippen LogP contribution in [0.1, 0.15) is 6.92 Å². The van der Waals surface area contributed by atoms with Crippen molar-refractivity contribution in [3.05, 3.63) is 32.7 Å². The molecule has 0 radical (unpaired) electrons. The highest BCUT2D eigenvalue weighted by atomic mass is 35.5. The number of ether oxygens (including phenoxy) is 1. The Morgan fingerprint density at radius 1 is 1.33 bits per heavy atom. The van der Waals surface area contributed by atoms with Crippen molar-refractivity contribution in [2.45, 2.75) is 6.92 Å². The van der Waals surface area contributed by atoms with Crippen LogP contribution in [0.2, 0.25) is 10.0 Å². The van der Waals surface area contributed by atoms with Gasteiger partial charge in [0.1, 0.15) is 16.8 Å². The highest BCUT2D eigenvalue weighted by Gasteiger charge is 2.09. The van der Waals surface area contributed by atoms with Crippen LogP contribution in [0.5, 0.6) is 5.75 Å². The van der Waals surface area contributed by atoms with Crippen molar-refractivity contribution in [2.75, 3.05) is 11.9 Å². The molecule has 0 bridgehead atoms. The average Bonchev–Trinajstić information content (AvgIpc) is 2.23. The average molecular weight is 329 g/mol. The lowest BCUT2D eigenvalue weighted by Gasteiger charge is -2.10. The number of benzene rings is 1. The summed E-state index contributed by atoms with van der Waals surface area (Å²) in [6, 6.07) is 3.01. The van der Waals surface area contributed by atoms with Crippen LogP contribution in [0.3, 0.4) is 0 Å². The van der Waals surface area contributed by atoms with Crippen LogP contribution >= 0.6 is 46.4 Å². The van der Waals surface area contributed by atoms with E-state index in [0.29, 0.717) is 21.5 Å². The van der Waals surface area contributed by atoms with Crippen LogP contribution in [0.25, 0.3) is 0 Å². The van der Waals surface area contributed by atoms with Crippen molar-refractivity contribution in [3.63, 3.8) is 0 Å². The first-order valence-corrected chi connectivity index (χ1v) is 6.32. The lowest BCUT2D eigenvalue weighted by Crippen LogP contribution is -2.06. The molecule has 0 aliphatic carbocycles. The summed E-state index contributed by atoms with van der Waals surface area (Å²) in [6.07, 6.45) is 1.47. The number of anilines is 1. The van der Waals surface area contributed by atoms with Gasteiger partial charge in [-0.15, -0.1) is 0 Å². The molecule has 0 heterocycles. The molecule has 1 N–H and O–H groups in total. The third-order valence-corrected chi connectivity index (χ3v) is 2.73. The fourth-order valence-corrected chi connectivity index (χ4v) is 1.66. The summed E-state index contributed by atoms with van der Waals surface area (Å²) in [5, 5.41) is 3.20. The summed E-state index contributed by atoms with van der Waals surface area (Å²) in [6.45, 7) is 1.54. The van der Waals surface area contributed by atoms with E-state index < -0.39 is 0 Å². The molecule has 0 aliphatic heterocycles. The normalized spacial score (nSPS) is 9.83. The Morgan fingerprint density at radius 2 is 2.00 bits per heavy atom.